The second-order valence-corrected chi connectivity index (χ2v) is 7.49. The summed E-state index contributed by atoms with van der Waals surface area (Å²) in [6.07, 6.45) is 0. The topological polar surface area (TPSA) is 104 Å². The molecule has 3 N–H and O–H groups in total. The van der Waals surface area contributed by atoms with E-state index in [0.717, 1.165) is 5.56 Å². The van der Waals surface area contributed by atoms with E-state index in [1.54, 1.807) is 49.4 Å². The largest absolute Gasteiger partial charge is 0.507 e. The molecule has 1 aromatic heterocycles. The van der Waals surface area contributed by atoms with Crippen molar-refractivity contribution < 1.29 is 14.7 Å². The van der Waals surface area contributed by atoms with Gasteiger partial charge in [0.1, 0.15) is 5.75 Å². The number of nitrogens with zero attached hydrogens (tertiary/aromatic N) is 2. The summed E-state index contributed by atoms with van der Waals surface area (Å²) >= 11 is 0. The average Bonchev–Trinajstić information content (AvgIpc) is 2.82. The van der Waals surface area contributed by atoms with Crippen molar-refractivity contribution in [1.82, 2.24) is 10.4 Å². The lowest BCUT2D eigenvalue weighted by Gasteiger charge is -2.10. The van der Waals surface area contributed by atoms with E-state index in [1.165, 1.54) is 6.92 Å². The highest BCUT2D eigenvalue weighted by Gasteiger charge is 2.15. The Bertz CT molecular complexity index is 1380. The van der Waals surface area contributed by atoms with Crippen molar-refractivity contribution in [3.05, 3.63) is 90.0 Å². The second-order valence-electron chi connectivity index (χ2n) is 7.49. The third kappa shape index (κ3) is 4.88. The van der Waals surface area contributed by atoms with E-state index >= 15 is 0 Å². The normalized spacial score (nSPS) is 11.3. The van der Waals surface area contributed by atoms with Gasteiger partial charge in [-0.1, -0.05) is 42.5 Å². The molecule has 7 heteroatoms. The van der Waals surface area contributed by atoms with Gasteiger partial charge in [0.05, 0.1) is 22.5 Å². The number of para-hydroxylation sites is 2. The van der Waals surface area contributed by atoms with Gasteiger partial charge in [0.2, 0.25) is 5.91 Å². The van der Waals surface area contributed by atoms with Gasteiger partial charge in [0, 0.05) is 23.6 Å². The first-order chi connectivity index (χ1) is 15.9. The van der Waals surface area contributed by atoms with Crippen LogP contribution in [0.1, 0.15) is 29.8 Å². The summed E-state index contributed by atoms with van der Waals surface area (Å²) in [7, 11) is 0. The molecule has 1 heterocycles. The fraction of sp³-hybridized carbons (Fsp3) is 0.0769. The zero-order valence-corrected chi connectivity index (χ0v) is 18.2. The number of hydrogen-bond acceptors (Lipinski definition) is 5. The molecule has 0 unspecified atom stereocenters. The van der Waals surface area contributed by atoms with Crippen LogP contribution in [0.3, 0.4) is 0 Å². The number of hydrogen-bond donors (Lipinski definition) is 3. The van der Waals surface area contributed by atoms with Gasteiger partial charge in [-0.25, -0.2) is 10.4 Å². The Hall–Kier alpha value is -4.52. The number of phenols is 1. The minimum atomic E-state index is -0.389. The summed E-state index contributed by atoms with van der Waals surface area (Å²) in [5, 5.41) is 17.9. The number of rotatable bonds is 5. The molecule has 0 bridgehead atoms. The number of carbonyl (C=O) groups is 2. The third-order valence-electron chi connectivity index (χ3n) is 5.09. The Morgan fingerprint density at radius 3 is 2.33 bits per heavy atom. The van der Waals surface area contributed by atoms with Crippen molar-refractivity contribution in [2.75, 3.05) is 5.32 Å². The van der Waals surface area contributed by atoms with Gasteiger partial charge in [0.15, 0.2) is 0 Å². The molecule has 0 saturated carbocycles. The van der Waals surface area contributed by atoms with Crippen LogP contribution in [-0.2, 0) is 4.79 Å². The summed E-state index contributed by atoms with van der Waals surface area (Å²) < 4.78 is 0. The number of pyridine rings is 1. The minimum absolute atomic E-state index is 0.0863. The molecule has 4 rings (SSSR count). The van der Waals surface area contributed by atoms with Gasteiger partial charge in [-0.15, -0.1) is 0 Å². The number of fused-ring (bicyclic) bond motifs is 1. The molecular formula is C26H22N4O3. The predicted octanol–water partition coefficient (Wildman–Crippen LogP) is 4.72. The SMILES string of the molecule is CC(=O)Nc1ccc(/C(C)=N/NC(=O)c2cc(-c3ccccc3O)nc3ccccc23)cc1. The highest BCUT2D eigenvalue weighted by Crippen LogP contribution is 2.30. The summed E-state index contributed by atoms with van der Waals surface area (Å²) in [5.41, 5.74) is 6.78. The van der Waals surface area contributed by atoms with Crippen molar-refractivity contribution in [2.24, 2.45) is 5.10 Å². The van der Waals surface area contributed by atoms with Crippen LogP contribution in [0.2, 0.25) is 0 Å². The number of nitrogens with one attached hydrogen (secondary N) is 2. The van der Waals surface area contributed by atoms with Crippen LogP contribution >= 0.6 is 0 Å². The Morgan fingerprint density at radius 2 is 1.61 bits per heavy atom. The fourth-order valence-electron chi connectivity index (χ4n) is 3.45. The molecule has 0 spiro atoms. The number of aromatic nitrogens is 1. The van der Waals surface area contributed by atoms with Crippen LogP contribution in [0.15, 0.2) is 84.0 Å². The van der Waals surface area contributed by atoms with Crippen molar-refractivity contribution in [3.8, 4) is 17.0 Å². The maximum absolute atomic E-state index is 13.1. The van der Waals surface area contributed by atoms with Gasteiger partial charge in [0.25, 0.3) is 5.91 Å². The fourth-order valence-corrected chi connectivity index (χ4v) is 3.45. The molecule has 0 saturated heterocycles. The first-order valence-electron chi connectivity index (χ1n) is 10.3. The molecular weight excluding hydrogens is 416 g/mol. The number of aromatic hydroxyl groups is 1. The van der Waals surface area contributed by atoms with E-state index in [0.29, 0.717) is 39.1 Å². The molecule has 0 aliphatic heterocycles. The van der Waals surface area contributed by atoms with Gasteiger partial charge in [-0.05, 0) is 48.9 Å². The number of anilines is 1. The third-order valence-corrected chi connectivity index (χ3v) is 5.09. The van der Waals surface area contributed by atoms with E-state index in [9.17, 15) is 14.7 Å². The summed E-state index contributed by atoms with van der Waals surface area (Å²) in [6, 6.07) is 23.0. The lowest BCUT2D eigenvalue weighted by atomic mass is 10.0. The molecule has 0 atom stereocenters. The maximum Gasteiger partial charge on any atom is 0.272 e. The lowest BCUT2D eigenvalue weighted by Crippen LogP contribution is -2.20. The monoisotopic (exact) mass is 438 g/mol. The molecule has 33 heavy (non-hydrogen) atoms. The number of hydrazone groups is 1. The quantitative estimate of drug-likeness (QED) is 0.310. The molecule has 0 aliphatic rings. The van der Waals surface area contributed by atoms with Crippen molar-refractivity contribution >= 4 is 34.1 Å². The van der Waals surface area contributed by atoms with Gasteiger partial charge >= 0.3 is 0 Å². The number of carbonyl (C=O) groups excluding carboxylic acids is 2. The maximum atomic E-state index is 13.1. The number of amides is 2. The standard InChI is InChI=1S/C26H22N4O3/c1-16(18-11-13-19(14-12-18)27-17(2)31)29-30-26(33)22-15-24(21-8-4-6-10-25(21)32)28-23-9-5-3-7-20(22)23/h3-15,32H,1-2H3,(H,27,31)(H,30,33)/b29-16+. The molecule has 7 nitrogen and oxygen atoms in total. The highest BCUT2D eigenvalue weighted by molar-refractivity contribution is 6.08. The summed E-state index contributed by atoms with van der Waals surface area (Å²) in [4.78, 5) is 28.9. The summed E-state index contributed by atoms with van der Waals surface area (Å²) in [6.45, 7) is 3.23. The average molecular weight is 438 g/mol. The van der Waals surface area contributed by atoms with E-state index < -0.39 is 0 Å². The Kier molecular flexibility index (Phi) is 6.13. The van der Waals surface area contributed by atoms with Crippen LogP contribution in [0, 0.1) is 0 Å². The molecule has 3 aromatic carbocycles. The minimum Gasteiger partial charge on any atom is -0.507 e. The van der Waals surface area contributed by atoms with Crippen molar-refractivity contribution in [3.63, 3.8) is 0 Å². The van der Waals surface area contributed by atoms with E-state index in [-0.39, 0.29) is 17.6 Å². The molecule has 2 amide bonds. The summed E-state index contributed by atoms with van der Waals surface area (Å²) in [5.74, 6) is -0.448. The zero-order valence-electron chi connectivity index (χ0n) is 18.2. The van der Waals surface area contributed by atoms with Gasteiger partial charge in [-0.2, -0.15) is 5.10 Å². The van der Waals surface area contributed by atoms with Crippen LogP contribution < -0.4 is 10.7 Å². The van der Waals surface area contributed by atoms with Gasteiger partial charge in [-0.3, -0.25) is 9.59 Å². The van der Waals surface area contributed by atoms with Crippen LogP contribution in [0.25, 0.3) is 22.2 Å². The first kappa shape index (κ1) is 21.7. The van der Waals surface area contributed by atoms with Crippen LogP contribution in [0.4, 0.5) is 5.69 Å². The molecule has 0 aliphatic carbocycles. The zero-order chi connectivity index (χ0) is 23.4. The number of phenolic OH excluding ortho intramolecular Hbond substituents is 1. The Labute approximate surface area is 190 Å². The highest BCUT2D eigenvalue weighted by atomic mass is 16.3. The van der Waals surface area contributed by atoms with Crippen LogP contribution in [0.5, 0.6) is 5.75 Å². The lowest BCUT2D eigenvalue weighted by molar-refractivity contribution is -0.114. The van der Waals surface area contributed by atoms with Gasteiger partial charge < -0.3 is 10.4 Å². The van der Waals surface area contributed by atoms with E-state index in [2.05, 4.69) is 20.8 Å². The second kappa shape index (κ2) is 9.32. The van der Waals surface area contributed by atoms with Crippen LogP contribution in [-0.4, -0.2) is 27.6 Å². The Morgan fingerprint density at radius 1 is 0.909 bits per heavy atom. The van der Waals surface area contributed by atoms with Crippen molar-refractivity contribution in [1.29, 1.82) is 0 Å². The number of benzene rings is 3. The first-order valence-corrected chi connectivity index (χ1v) is 10.3. The molecule has 4 aromatic rings. The Balaban J connectivity index is 1.64. The van der Waals surface area contributed by atoms with Crippen molar-refractivity contribution in [2.45, 2.75) is 13.8 Å². The van der Waals surface area contributed by atoms with E-state index in [1.807, 2.05) is 36.4 Å². The predicted molar refractivity (Wildman–Crippen MR) is 129 cm³/mol. The molecule has 0 fully saturated rings. The van der Waals surface area contributed by atoms with E-state index in [4.69, 9.17) is 0 Å². The molecule has 0 radical (unpaired) electrons. The smallest absolute Gasteiger partial charge is 0.272 e. The molecule has 164 valence electrons.